The number of likely N-dealkylation sites (tertiary alicyclic amines) is 2. The number of aliphatic carboxylic acids is 1. The fourth-order valence-electron chi connectivity index (χ4n) is 3.11. The van der Waals surface area contributed by atoms with Gasteiger partial charge in [-0.25, -0.2) is 9.59 Å². The zero-order valence-electron chi connectivity index (χ0n) is 12.4. The Morgan fingerprint density at radius 2 is 1.86 bits per heavy atom. The zero-order valence-corrected chi connectivity index (χ0v) is 12.4. The molecule has 7 nitrogen and oxygen atoms in total. The minimum Gasteiger partial charge on any atom is -0.480 e. The maximum absolute atomic E-state index is 12.5. The number of carbonyl (C=O) groups excluding carboxylic acids is 1. The monoisotopic (exact) mass is 300 g/mol. The number of aliphatic hydroxyl groups excluding tert-OH is 1. The molecule has 0 aromatic rings. The summed E-state index contributed by atoms with van der Waals surface area (Å²) >= 11 is 0. The molecule has 0 radical (unpaired) electrons. The van der Waals surface area contributed by atoms with E-state index < -0.39 is 5.97 Å². The molecule has 2 saturated heterocycles. The molecule has 2 aliphatic rings. The molecule has 2 rings (SSSR count). The molecule has 0 bridgehead atoms. The Morgan fingerprint density at radius 3 is 2.43 bits per heavy atom. The number of ether oxygens (including phenoxy) is 1. The normalized spacial score (nSPS) is 27.1. The lowest BCUT2D eigenvalue weighted by atomic mass is 10.0. The Hall–Kier alpha value is -1.34. The van der Waals surface area contributed by atoms with Crippen molar-refractivity contribution in [2.45, 2.75) is 38.3 Å². The van der Waals surface area contributed by atoms with Crippen molar-refractivity contribution >= 4 is 12.0 Å². The van der Waals surface area contributed by atoms with Crippen LogP contribution in [-0.2, 0) is 9.53 Å². The molecule has 2 unspecified atom stereocenters. The third kappa shape index (κ3) is 3.85. The molecule has 0 saturated carbocycles. The van der Waals surface area contributed by atoms with E-state index in [1.165, 1.54) is 0 Å². The largest absolute Gasteiger partial charge is 0.480 e. The number of rotatable bonds is 4. The van der Waals surface area contributed by atoms with Crippen LogP contribution in [0.1, 0.15) is 26.2 Å². The van der Waals surface area contributed by atoms with Gasteiger partial charge in [0, 0.05) is 19.6 Å². The first kappa shape index (κ1) is 16.0. The lowest BCUT2D eigenvalue weighted by Crippen LogP contribution is -2.50. The second kappa shape index (κ2) is 7.09. The molecule has 120 valence electrons. The van der Waals surface area contributed by atoms with Crippen molar-refractivity contribution in [3.63, 3.8) is 0 Å². The van der Waals surface area contributed by atoms with Crippen LogP contribution in [0.5, 0.6) is 0 Å². The molecular weight excluding hydrogens is 276 g/mol. The predicted molar refractivity (Wildman–Crippen MR) is 74.9 cm³/mol. The fourth-order valence-corrected chi connectivity index (χ4v) is 3.11. The molecule has 2 fully saturated rings. The molecule has 2 N–H and O–H groups in total. The van der Waals surface area contributed by atoms with Gasteiger partial charge in [-0.15, -0.1) is 0 Å². The van der Waals surface area contributed by atoms with Crippen LogP contribution in [0.4, 0.5) is 4.79 Å². The highest BCUT2D eigenvalue weighted by Gasteiger charge is 2.37. The fraction of sp³-hybridized carbons (Fsp3) is 0.857. The number of nitrogens with zero attached hydrogens (tertiary/aromatic N) is 2. The number of piperidine rings is 1. The van der Waals surface area contributed by atoms with Gasteiger partial charge in [-0.1, -0.05) is 6.92 Å². The zero-order chi connectivity index (χ0) is 15.4. The Labute approximate surface area is 124 Å². The van der Waals surface area contributed by atoms with Crippen LogP contribution in [0.3, 0.4) is 0 Å². The lowest BCUT2D eigenvalue weighted by molar-refractivity contribution is -0.145. The minimum absolute atomic E-state index is 0.00505. The maximum Gasteiger partial charge on any atom is 0.329 e. The maximum atomic E-state index is 12.5. The Bertz CT molecular complexity index is 382. The quantitative estimate of drug-likeness (QED) is 0.783. The molecule has 2 amide bonds. The van der Waals surface area contributed by atoms with Crippen LogP contribution >= 0.6 is 0 Å². The van der Waals surface area contributed by atoms with E-state index in [0.29, 0.717) is 38.4 Å². The molecule has 2 atom stereocenters. The van der Waals surface area contributed by atoms with Gasteiger partial charge in [0.25, 0.3) is 0 Å². The van der Waals surface area contributed by atoms with E-state index in [2.05, 4.69) is 6.92 Å². The summed E-state index contributed by atoms with van der Waals surface area (Å²) in [5, 5.41) is 18.0. The summed E-state index contributed by atoms with van der Waals surface area (Å²) in [7, 11) is 0. The van der Waals surface area contributed by atoms with Crippen LogP contribution in [0.15, 0.2) is 0 Å². The van der Waals surface area contributed by atoms with Gasteiger partial charge in [-0.05, 0) is 25.2 Å². The highest BCUT2D eigenvalue weighted by molar-refractivity contribution is 5.75. The second-order valence-corrected chi connectivity index (χ2v) is 5.88. The summed E-state index contributed by atoms with van der Waals surface area (Å²) in [6, 6.07) is -0.103. The number of hydrogen-bond acceptors (Lipinski definition) is 4. The van der Waals surface area contributed by atoms with Crippen molar-refractivity contribution in [1.82, 2.24) is 9.80 Å². The summed E-state index contributed by atoms with van der Waals surface area (Å²) in [6.07, 6.45) is 2.16. The van der Waals surface area contributed by atoms with E-state index in [-0.39, 0.29) is 31.4 Å². The van der Waals surface area contributed by atoms with Crippen LogP contribution in [0, 0.1) is 5.92 Å². The van der Waals surface area contributed by atoms with Gasteiger partial charge < -0.3 is 24.7 Å². The summed E-state index contributed by atoms with van der Waals surface area (Å²) in [4.78, 5) is 26.5. The second-order valence-electron chi connectivity index (χ2n) is 5.88. The number of amides is 2. The topological polar surface area (TPSA) is 90.3 Å². The van der Waals surface area contributed by atoms with Gasteiger partial charge in [0.05, 0.1) is 18.8 Å². The van der Waals surface area contributed by atoms with E-state index in [1.807, 2.05) is 0 Å². The number of carbonyl (C=O) groups is 2. The highest BCUT2D eigenvalue weighted by atomic mass is 16.5. The molecule has 2 aliphatic heterocycles. The van der Waals surface area contributed by atoms with Crippen molar-refractivity contribution in [2.24, 2.45) is 5.92 Å². The number of carboxylic acids is 1. The SMILES string of the molecule is CC1CCN(C(=O)N2CCC(OCC(=O)O)CC2)C1CO. The first-order chi connectivity index (χ1) is 10.0. The average Bonchev–Trinajstić information content (AvgIpc) is 2.85. The molecule has 2 heterocycles. The van der Waals surface area contributed by atoms with Gasteiger partial charge in [0.2, 0.25) is 0 Å². The predicted octanol–water partition coefficient (Wildman–Crippen LogP) is 0.375. The smallest absolute Gasteiger partial charge is 0.329 e. The standard InChI is InChI=1S/C14H24N2O5/c1-10-2-7-16(12(10)8-17)14(20)15-5-3-11(4-6-15)21-9-13(18)19/h10-12,17H,2-9H2,1H3,(H,18,19). The third-order valence-corrected chi connectivity index (χ3v) is 4.47. The first-order valence-electron chi connectivity index (χ1n) is 7.52. The summed E-state index contributed by atoms with van der Waals surface area (Å²) in [6.45, 7) is 3.62. The first-order valence-corrected chi connectivity index (χ1v) is 7.52. The van der Waals surface area contributed by atoms with E-state index in [9.17, 15) is 14.7 Å². The number of aliphatic hydroxyl groups is 1. The Morgan fingerprint density at radius 1 is 1.19 bits per heavy atom. The van der Waals surface area contributed by atoms with Crippen molar-refractivity contribution in [2.75, 3.05) is 32.8 Å². The van der Waals surface area contributed by atoms with Crippen LogP contribution in [0.2, 0.25) is 0 Å². The lowest BCUT2D eigenvalue weighted by Gasteiger charge is -2.36. The van der Waals surface area contributed by atoms with Crippen molar-refractivity contribution in [3.8, 4) is 0 Å². The van der Waals surface area contributed by atoms with Gasteiger partial charge >= 0.3 is 12.0 Å². The Kier molecular flexibility index (Phi) is 5.41. The number of carboxylic acid groups (broad SMARTS) is 1. The molecular formula is C14H24N2O5. The summed E-state index contributed by atoms with van der Waals surface area (Å²) in [5.41, 5.74) is 0. The molecule has 7 heteroatoms. The minimum atomic E-state index is -0.967. The van der Waals surface area contributed by atoms with Gasteiger partial charge in [-0.2, -0.15) is 0 Å². The Balaban J connectivity index is 1.82. The van der Waals surface area contributed by atoms with E-state index >= 15 is 0 Å². The van der Waals surface area contributed by atoms with E-state index in [4.69, 9.17) is 9.84 Å². The van der Waals surface area contributed by atoms with Crippen molar-refractivity contribution in [3.05, 3.63) is 0 Å². The number of hydrogen-bond donors (Lipinski definition) is 2. The van der Waals surface area contributed by atoms with Crippen molar-refractivity contribution < 1.29 is 24.5 Å². The number of urea groups is 1. The molecule has 0 aromatic heterocycles. The van der Waals surface area contributed by atoms with Gasteiger partial charge in [0.1, 0.15) is 6.61 Å². The average molecular weight is 300 g/mol. The van der Waals surface area contributed by atoms with Crippen LogP contribution in [-0.4, -0.2) is 77.0 Å². The van der Waals surface area contributed by atoms with E-state index in [1.54, 1.807) is 9.80 Å². The highest BCUT2D eigenvalue weighted by Crippen LogP contribution is 2.26. The van der Waals surface area contributed by atoms with Crippen LogP contribution in [0.25, 0.3) is 0 Å². The molecule has 21 heavy (non-hydrogen) atoms. The third-order valence-electron chi connectivity index (χ3n) is 4.47. The molecule has 0 aromatic carbocycles. The van der Waals surface area contributed by atoms with E-state index in [0.717, 1.165) is 6.42 Å². The van der Waals surface area contributed by atoms with Gasteiger partial charge in [-0.3, -0.25) is 0 Å². The summed E-state index contributed by atoms with van der Waals surface area (Å²) in [5.74, 6) is -0.638. The van der Waals surface area contributed by atoms with Gasteiger partial charge in [0.15, 0.2) is 0 Å². The molecule has 0 aliphatic carbocycles. The summed E-state index contributed by atoms with van der Waals surface area (Å²) < 4.78 is 5.27. The van der Waals surface area contributed by atoms with Crippen molar-refractivity contribution in [1.29, 1.82) is 0 Å². The van der Waals surface area contributed by atoms with Crippen LogP contribution < -0.4 is 0 Å². The molecule has 0 spiro atoms.